The monoisotopic (exact) mass is 387 g/mol. The van der Waals surface area contributed by atoms with Gasteiger partial charge < -0.3 is 9.64 Å². The fraction of sp³-hybridized carbons (Fsp3) is 0.478. The molecule has 0 aromatic heterocycles. The van der Waals surface area contributed by atoms with Crippen molar-refractivity contribution in [1.82, 2.24) is 4.90 Å². The van der Waals surface area contributed by atoms with E-state index in [1.165, 1.54) is 56.3 Å². The highest BCUT2D eigenvalue weighted by Crippen LogP contribution is 2.45. The quantitative estimate of drug-likeness (QED) is 0.631. The molecule has 0 radical (unpaired) electrons. The predicted molar refractivity (Wildman–Crippen MR) is 108 cm³/mol. The zero-order chi connectivity index (χ0) is 18.7. The molecule has 0 N–H and O–H groups in total. The summed E-state index contributed by atoms with van der Waals surface area (Å²) >= 11 is 6.08. The third kappa shape index (κ3) is 4.47. The van der Waals surface area contributed by atoms with Crippen LogP contribution in [0.5, 0.6) is 5.75 Å². The predicted octanol–water partition coefficient (Wildman–Crippen LogP) is 5.69. The van der Waals surface area contributed by atoms with E-state index in [1.807, 2.05) is 12.1 Å². The molecule has 144 valence electrons. The first-order chi connectivity index (χ1) is 13.1. The Kier molecular flexibility index (Phi) is 5.70. The molecular formula is C23H27ClFNO. The fourth-order valence-electron chi connectivity index (χ4n) is 4.55. The third-order valence-corrected chi connectivity index (χ3v) is 6.45. The number of ether oxygens (including phenoxy) is 1. The Bertz CT molecular complexity index is 742. The highest BCUT2D eigenvalue weighted by atomic mass is 35.5. The number of halogens is 2. The second-order valence-corrected chi connectivity index (χ2v) is 8.59. The lowest BCUT2D eigenvalue weighted by atomic mass is 9.64. The Morgan fingerprint density at radius 2 is 1.78 bits per heavy atom. The lowest BCUT2D eigenvalue weighted by Crippen LogP contribution is -2.49. The summed E-state index contributed by atoms with van der Waals surface area (Å²) in [5.74, 6) is 1.07. The molecule has 1 aliphatic carbocycles. The van der Waals surface area contributed by atoms with Gasteiger partial charge in [0, 0.05) is 29.4 Å². The Morgan fingerprint density at radius 1 is 1.04 bits per heavy atom. The van der Waals surface area contributed by atoms with Gasteiger partial charge in [-0.2, -0.15) is 0 Å². The van der Waals surface area contributed by atoms with E-state index in [-0.39, 0.29) is 5.82 Å². The number of likely N-dealkylation sites (tertiary alicyclic amines) is 1. The van der Waals surface area contributed by atoms with Gasteiger partial charge >= 0.3 is 0 Å². The molecule has 1 saturated heterocycles. The number of nitrogens with zero attached hydrogens (tertiary/aromatic N) is 1. The number of hydrogen-bond acceptors (Lipinski definition) is 2. The van der Waals surface area contributed by atoms with Crippen LogP contribution in [0.1, 0.15) is 37.7 Å². The zero-order valence-corrected chi connectivity index (χ0v) is 16.4. The van der Waals surface area contributed by atoms with Gasteiger partial charge in [0.1, 0.15) is 11.6 Å². The molecule has 2 nitrogen and oxygen atoms in total. The Morgan fingerprint density at radius 3 is 2.44 bits per heavy atom. The van der Waals surface area contributed by atoms with Crippen molar-refractivity contribution in [2.75, 3.05) is 26.2 Å². The normalized spacial score (nSPS) is 22.2. The number of hydrogen-bond donors (Lipinski definition) is 0. The van der Waals surface area contributed by atoms with Gasteiger partial charge in [-0.1, -0.05) is 30.2 Å². The molecule has 1 saturated carbocycles. The van der Waals surface area contributed by atoms with Gasteiger partial charge in [-0.3, -0.25) is 0 Å². The smallest absolute Gasteiger partial charge is 0.123 e. The molecule has 2 aromatic rings. The SMILES string of the molecule is Fc1ccc(OC[C@H]2CCCN(CC3(c4ccc(Cl)cc4)CCC3)C2)cc1. The highest BCUT2D eigenvalue weighted by Gasteiger charge is 2.40. The van der Waals surface area contributed by atoms with Crippen LogP contribution in [0, 0.1) is 11.7 Å². The van der Waals surface area contributed by atoms with Crippen LogP contribution in [0.4, 0.5) is 4.39 Å². The molecule has 1 aliphatic heterocycles. The third-order valence-electron chi connectivity index (χ3n) is 6.20. The average molecular weight is 388 g/mol. The first-order valence-electron chi connectivity index (χ1n) is 10.00. The van der Waals surface area contributed by atoms with Gasteiger partial charge in [-0.05, 0) is 74.2 Å². The summed E-state index contributed by atoms with van der Waals surface area (Å²) in [6, 6.07) is 14.8. The van der Waals surface area contributed by atoms with E-state index >= 15 is 0 Å². The first-order valence-corrected chi connectivity index (χ1v) is 10.4. The van der Waals surface area contributed by atoms with Gasteiger partial charge in [-0.25, -0.2) is 4.39 Å². The molecule has 4 heteroatoms. The van der Waals surface area contributed by atoms with Gasteiger partial charge in [0.25, 0.3) is 0 Å². The van der Waals surface area contributed by atoms with Crippen LogP contribution >= 0.6 is 11.6 Å². The minimum Gasteiger partial charge on any atom is -0.493 e. The number of benzene rings is 2. The molecule has 1 atom stereocenters. The van der Waals surface area contributed by atoms with Gasteiger partial charge in [0.05, 0.1) is 6.61 Å². The standard InChI is InChI=1S/C23H27ClFNO/c24-20-6-4-19(5-7-20)23(12-2-13-23)17-26-14-1-3-18(15-26)16-27-22-10-8-21(25)9-11-22/h4-11,18H,1-3,12-17H2/t18-/m0/s1. The summed E-state index contributed by atoms with van der Waals surface area (Å²) < 4.78 is 18.9. The molecule has 0 amide bonds. The molecule has 0 unspecified atom stereocenters. The van der Waals surface area contributed by atoms with Crippen LogP contribution in [0.25, 0.3) is 0 Å². The number of rotatable bonds is 6. The topological polar surface area (TPSA) is 12.5 Å². The van der Waals surface area contributed by atoms with Gasteiger partial charge in [-0.15, -0.1) is 0 Å². The second-order valence-electron chi connectivity index (χ2n) is 8.15. The van der Waals surface area contributed by atoms with Crippen LogP contribution in [-0.4, -0.2) is 31.1 Å². The van der Waals surface area contributed by atoms with Crippen molar-refractivity contribution < 1.29 is 9.13 Å². The molecule has 2 aliphatic rings. The summed E-state index contributed by atoms with van der Waals surface area (Å²) in [6.07, 6.45) is 6.26. The minimum atomic E-state index is -0.223. The van der Waals surface area contributed by atoms with Gasteiger partial charge in [0.2, 0.25) is 0 Å². The molecule has 2 fully saturated rings. The summed E-state index contributed by atoms with van der Waals surface area (Å²) in [7, 11) is 0. The van der Waals surface area contributed by atoms with Crippen LogP contribution in [0.15, 0.2) is 48.5 Å². The molecule has 2 aromatic carbocycles. The van der Waals surface area contributed by atoms with Crippen LogP contribution in [0.2, 0.25) is 5.02 Å². The van der Waals surface area contributed by atoms with Crippen molar-refractivity contribution in [3.8, 4) is 5.75 Å². The number of piperidine rings is 1. The van der Waals surface area contributed by atoms with Crippen molar-refractivity contribution in [2.24, 2.45) is 5.92 Å². The van der Waals surface area contributed by atoms with E-state index in [4.69, 9.17) is 16.3 Å². The van der Waals surface area contributed by atoms with Crippen LogP contribution in [0.3, 0.4) is 0 Å². The first kappa shape index (κ1) is 18.8. The van der Waals surface area contributed by atoms with E-state index in [1.54, 1.807) is 12.1 Å². The Labute approximate surface area is 166 Å². The van der Waals surface area contributed by atoms with E-state index in [0.717, 1.165) is 23.9 Å². The highest BCUT2D eigenvalue weighted by molar-refractivity contribution is 6.30. The van der Waals surface area contributed by atoms with Crippen molar-refractivity contribution in [3.63, 3.8) is 0 Å². The maximum Gasteiger partial charge on any atom is 0.123 e. The molecule has 0 spiro atoms. The summed E-state index contributed by atoms with van der Waals surface area (Å²) in [5, 5.41) is 0.809. The second kappa shape index (κ2) is 8.20. The largest absolute Gasteiger partial charge is 0.493 e. The zero-order valence-electron chi connectivity index (χ0n) is 15.7. The van der Waals surface area contributed by atoms with Gasteiger partial charge in [0.15, 0.2) is 0 Å². The van der Waals surface area contributed by atoms with Crippen molar-refractivity contribution in [2.45, 2.75) is 37.5 Å². The molecule has 27 heavy (non-hydrogen) atoms. The molecule has 0 bridgehead atoms. The van der Waals surface area contributed by atoms with E-state index < -0.39 is 0 Å². The van der Waals surface area contributed by atoms with Crippen molar-refractivity contribution in [1.29, 1.82) is 0 Å². The average Bonchev–Trinajstić information content (AvgIpc) is 2.65. The lowest BCUT2D eigenvalue weighted by Gasteiger charge is -2.47. The molecular weight excluding hydrogens is 361 g/mol. The molecule has 4 rings (SSSR count). The Balaban J connectivity index is 1.35. The molecule has 1 heterocycles. The Hall–Kier alpha value is -1.58. The summed E-state index contributed by atoms with van der Waals surface area (Å²) in [4.78, 5) is 2.62. The minimum absolute atomic E-state index is 0.223. The maximum atomic E-state index is 13.0. The summed E-state index contributed by atoms with van der Waals surface area (Å²) in [5.41, 5.74) is 1.73. The van der Waals surface area contributed by atoms with Crippen LogP contribution in [-0.2, 0) is 5.41 Å². The van der Waals surface area contributed by atoms with Crippen LogP contribution < -0.4 is 4.74 Å². The summed E-state index contributed by atoms with van der Waals surface area (Å²) in [6.45, 7) is 4.08. The van der Waals surface area contributed by atoms with E-state index in [0.29, 0.717) is 17.9 Å². The van der Waals surface area contributed by atoms with E-state index in [2.05, 4.69) is 17.0 Å². The van der Waals surface area contributed by atoms with E-state index in [9.17, 15) is 4.39 Å². The fourth-order valence-corrected chi connectivity index (χ4v) is 4.67. The van der Waals surface area contributed by atoms with Crippen molar-refractivity contribution in [3.05, 3.63) is 64.9 Å². The maximum absolute atomic E-state index is 13.0. The van der Waals surface area contributed by atoms with Crippen molar-refractivity contribution >= 4 is 11.6 Å². The lowest BCUT2D eigenvalue weighted by molar-refractivity contribution is 0.0816.